The third kappa shape index (κ3) is 1.63. The van der Waals surface area contributed by atoms with Crippen molar-refractivity contribution in [2.75, 3.05) is 6.61 Å². The Labute approximate surface area is 74.9 Å². The Hall–Kier alpha value is -1.52. The lowest BCUT2D eigenvalue weighted by atomic mass is 10.1. The molecule has 1 aliphatic heterocycles. The van der Waals surface area contributed by atoms with E-state index in [4.69, 9.17) is 0 Å². The second kappa shape index (κ2) is 3.08. The monoisotopic (exact) mass is 185 g/mol. The van der Waals surface area contributed by atoms with Gasteiger partial charge in [0.15, 0.2) is 0 Å². The van der Waals surface area contributed by atoms with Gasteiger partial charge in [0.2, 0.25) is 5.60 Å². The van der Waals surface area contributed by atoms with Crippen LogP contribution in [0.2, 0.25) is 0 Å². The normalized spacial score (nSPS) is 26.6. The standard InChI is InChI=1S/C8H10O5/c1-3-12-7(11)8(2)4-5(9)6(10)13-8/h4,9H,3H2,1-2H3/p-1/t8-/m0/s1. The van der Waals surface area contributed by atoms with Crippen LogP contribution < -0.4 is 5.11 Å². The van der Waals surface area contributed by atoms with Crippen LogP contribution in [0.15, 0.2) is 11.8 Å². The fourth-order valence-corrected chi connectivity index (χ4v) is 0.956. The SMILES string of the molecule is CCOC(=O)[C@]1(C)C=C([O-])C(=O)O1. The van der Waals surface area contributed by atoms with Crippen molar-refractivity contribution in [2.24, 2.45) is 0 Å². The Kier molecular flexibility index (Phi) is 2.27. The molecule has 0 aliphatic carbocycles. The van der Waals surface area contributed by atoms with Crippen molar-refractivity contribution in [3.8, 4) is 0 Å². The molecule has 0 saturated heterocycles. The van der Waals surface area contributed by atoms with Gasteiger partial charge in [-0.3, -0.25) is 0 Å². The number of hydrogen-bond acceptors (Lipinski definition) is 5. The predicted octanol–water partition coefficient (Wildman–Crippen LogP) is -0.891. The molecule has 0 unspecified atom stereocenters. The van der Waals surface area contributed by atoms with E-state index in [1.165, 1.54) is 6.92 Å². The van der Waals surface area contributed by atoms with Crippen LogP contribution in [-0.4, -0.2) is 24.1 Å². The van der Waals surface area contributed by atoms with Gasteiger partial charge in [-0.2, -0.15) is 0 Å². The number of hydrogen-bond donors (Lipinski definition) is 0. The van der Waals surface area contributed by atoms with E-state index in [-0.39, 0.29) is 6.61 Å². The topological polar surface area (TPSA) is 75.7 Å². The predicted molar refractivity (Wildman–Crippen MR) is 39.2 cm³/mol. The smallest absolute Gasteiger partial charge is 0.354 e. The summed E-state index contributed by atoms with van der Waals surface area (Å²) in [5.41, 5.74) is -1.54. The summed E-state index contributed by atoms with van der Waals surface area (Å²) in [7, 11) is 0. The first-order valence-corrected chi connectivity index (χ1v) is 3.80. The molecule has 5 nitrogen and oxygen atoms in total. The molecule has 1 rings (SSSR count). The highest BCUT2D eigenvalue weighted by atomic mass is 16.6. The van der Waals surface area contributed by atoms with Gasteiger partial charge in [-0.25, -0.2) is 9.59 Å². The minimum absolute atomic E-state index is 0.175. The van der Waals surface area contributed by atoms with Crippen LogP contribution in [0.1, 0.15) is 13.8 Å². The average Bonchev–Trinajstić information content (AvgIpc) is 2.28. The molecule has 1 heterocycles. The first-order valence-electron chi connectivity index (χ1n) is 3.80. The van der Waals surface area contributed by atoms with Crippen LogP contribution >= 0.6 is 0 Å². The Morgan fingerprint density at radius 1 is 1.77 bits per heavy atom. The van der Waals surface area contributed by atoms with Gasteiger partial charge in [-0.05, 0) is 25.7 Å². The minimum Gasteiger partial charge on any atom is -0.868 e. The molecule has 0 aromatic rings. The van der Waals surface area contributed by atoms with E-state index < -0.39 is 23.3 Å². The van der Waals surface area contributed by atoms with E-state index in [0.717, 1.165) is 6.08 Å². The molecule has 72 valence electrons. The molecule has 0 radical (unpaired) electrons. The van der Waals surface area contributed by atoms with E-state index in [9.17, 15) is 14.7 Å². The first-order chi connectivity index (χ1) is 5.99. The maximum atomic E-state index is 11.2. The highest BCUT2D eigenvalue weighted by Crippen LogP contribution is 2.23. The molecule has 0 saturated carbocycles. The van der Waals surface area contributed by atoms with Gasteiger partial charge < -0.3 is 14.6 Å². The number of carbonyl (C=O) groups excluding carboxylic acids is 2. The van der Waals surface area contributed by atoms with Gasteiger partial charge in [-0.1, -0.05) is 0 Å². The zero-order valence-electron chi connectivity index (χ0n) is 7.33. The number of ether oxygens (including phenoxy) is 2. The molecule has 0 fully saturated rings. The summed E-state index contributed by atoms with van der Waals surface area (Å²) in [4.78, 5) is 21.9. The molecule has 1 atom stereocenters. The van der Waals surface area contributed by atoms with Crippen LogP contribution in [0.4, 0.5) is 0 Å². The summed E-state index contributed by atoms with van der Waals surface area (Å²) < 4.78 is 9.18. The molecule has 0 N–H and O–H groups in total. The molecule has 5 heteroatoms. The van der Waals surface area contributed by atoms with Crippen molar-refractivity contribution in [2.45, 2.75) is 19.4 Å². The Balaban J connectivity index is 2.80. The summed E-state index contributed by atoms with van der Waals surface area (Å²) in [6.45, 7) is 3.11. The van der Waals surface area contributed by atoms with E-state index in [2.05, 4.69) is 9.47 Å². The fraction of sp³-hybridized carbons (Fsp3) is 0.500. The van der Waals surface area contributed by atoms with Crippen LogP contribution in [0.5, 0.6) is 0 Å². The summed E-state index contributed by atoms with van der Waals surface area (Å²) >= 11 is 0. The van der Waals surface area contributed by atoms with Crippen molar-refractivity contribution in [1.82, 2.24) is 0 Å². The maximum Gasteiger partial charge on any atom is 0.354 e. The highest BCUT2D eigenvalue weighted by Gasteiger charge is 2.40. The maximum absolute atomic E-state index is 11.2. The molecule has 0 spiro atoms. The summed E-state index contributed by atoms with van der Waals surface area (Å²) in [6.07, 6.45) is 0.924. The molecule has 0 amide bonds. The number of rotatable bonds is 2. The molecular weight excluding hydrogens is 176 g/mol. The summed E-state index contributed by atoms with van der Waals surface area (Å²) in [5, 5.41) is 10.8. The molecule has 1 aliphatic rings. The zero-order valence-corrected chi connectivity index (χ0v) is 7.33. The van der Waals surface area contributed by atoms with Crippen LogP contribution in [0, 0.1) is 0 Å². The zero-order chi connectivity index (χ0) is 10.1. The van der Waals surface area contributed by atoms with E-state index >= 15 is 0 Å². The quantitative estimate of drug-likeness (QED) is 0.521. The van der Waals surface area contributed by atoms with Gasteiger partial charge in [0, 0.05) is 0 Å². The lowest BCUT2D eigenvalue weighted by molar-refractivity contribution is -0.300. The first kappa shape index (κ1) is 9.57. The van der Waals surface area contributed by atoms with E-state index in [1.54, 1.807) is 6.92 Å². The molecule has 0 aromatic carbocycles. The fourth-order valence-electron chi connectivity index (χ4n) is 0.956. The van der Waals surface area contributed by atoms with E-state index in [1.807, 2.05) is 0 Å². The number of carbonyl (C=O) groups is 2. The highest BCUT2D eigenvalue weighted by molar-refractivity contribution is 5.95. The number of esters is 2. The second-order valence-corrected chi connectivity index (χ2v) is 2.73. The third-order valence-corrected chi connectivity index (χ3v) is 1.59. The van der Waals surface area contributed by atoms with Crippen LogP contribution in [0.3, 0.4) is 0 Å². The Bertz CT molecular complexity index is 280. The third-order valence-electron chi connectivity index (χ3n) is 1.59. The lowest BCUT2D eigenvalue weighted by Gasteiger charge is -2.18. The van der Waals surface area contributed by atoms with Gasteiger partial charge >= 0.3 is 11.9 Å². The van der Waals surface area contributed by atoms with Gasteiger partial charge in [-0.15, -0.1) is 0 Å². The van der Waals surface area contributed by atoms with Crippen molar-refractivity contribution in [1.29, 1.82) is 0 Å². The van der Waals surface area contributed by atoms with Crippen molar-refractivity contribution in [3.05, 3.63) is 11.8 Å². The molecule has 0 aromatic heterocycles. The minimum atomic E-state index is -1.54. The molecule has 0 bridgehead atoms. The summed E-state index contributed by atoms with van der Waals surface area (Å²) in [6, 6.07) is 0. The lowest BCUT2D eigenvalue weighted by Crippen LogP contribution is -2.36. The largest absolute Gasteiger partial charge is 0.868 e. The second-order valence-electron chi connectivity index (χ2n) is 2.73. The Morgan fingerprint density at radius 2 is 2.38 bits per heavy atom. The molecular formula is C8H9O5-. The van der Waals surface area contributed by atoms with Crippen LogP contribution in [-0.2, 0) is 19.1 Å². The van der Waals surface area contributed by atoms with Gasteiger partial charge in [0.25, 0.3) is 0 Å². The molecule has 13 heavy (non-hydrogen) atoms. The van der Waals surface area contributed by atoms with E-state index in [0.29, 0.717) is 0 Å². The van der Waals surface area contributed by atoms with Crippen molar-refractivity contribution in [3.63, 3.8) is 0 Å². The Morgan fingerprint density at radius 3 is 2.77 bits per heavy atom. The number of cyclic esters (lactones) is 1. The van der Waals surface area contributed by atoms with Gasteiger partial charge in [0.05, 0.1) is 6.61 Å². The van der Waals surface area contributed by atoms with Crippen molar-refractivity contribution < 1.29 is 24.2 Å². The average molecular weight is 185 g/mol. The van der Waals surface area contributed by atoms with Gasteiger partial charge in [0.1, 0.15) is 0 Å². The summed E-state index contributed by atoms with van der Waals surface area (Å²) in [5.74, 6) is -2.56. The van der Waals surface area contributed by atoms with Crippen molar-refractivity contribution >= 4 is 11.9 Å². The van der Waals surface area contributed by atoms with Crippen LogP contribution in [0.25, 0.3) is 0 Å².